The van der Waals surface area contributed by atoms with Gasteiger partial charge in [0.15, 0.2) is 0 Å². The van der Waals surface area contributed by atoms with E-state index >= 15 is 0 Å². The lowest BCUT2D eigenvalue weighted by atomic mass is 10.1. The van der Waals surface area contributed by atoms with Gasteiger partial charge in [0.2, 0.25) is 0 Å². The molecule has 1 saturated heterocycles. The lowest BCUT2D eigenvalue weighted by Gasteiger charge is -2.23. The first-order chi connectivity index (χ1) is 9.00. The normalized spacial score (nSPS) is 18.3. The van der Waals surface area contributed by atoms with Crippen LogP contribution in [-0.4, -0.2) is 41.9 Å². The number of carbonyl (C=O) groups is 1. The highest BCUT2D eigenvalue weighted by Gasteiger charge is 2.28. The number of rotatable bonds is 3. The van der Waals surface area contributed by atoms with Crippen LogP contribution in [0.25, 0.3) is 0 Å². The molecule has 0 spiro atoms. The zero-order valence-electron chi connectivity index (χ0n) is 11.0. The van der Waals surface area contributed by atoms with Crippen LogP contribution >= 0.6 is 0 Å². The summed E-state index contributed by atoms with van der Waals surface area (Å²) < 4.78 is 0. The molecule has 1 atom stereocenters. The largest absolute Gasteiger partial charge is 0.337 e. The van der Waals surface area contributed by atoms with Gasteiger partial charge in [-0.05, 0) is 31.5 Å². The average Bonchev–Trinajstić information content (AvgIpc) is 2.90. The molecule has 19 heavy (non-hydrogen) atoms. The van der Waals surface area contributed by atoms with Gasteiger partial charge in [0, 0.05) is 25.7 Å². The molecule has 6 heteroatoms. The van der Waals surface area contributed by atoms with Crippen molar-refractivity contribution in [3.05, 3.63) is 39.4 Å². The summed E-state index contributed by atoms with van der Waals surface area (Å²) in [7, 11) is 1.70. The second kappa shape index (κ2) is 5.36. The number of nitro groups is 1. The van der Waals surface area contributed by atoms with Gasteiger partial charge >= 0.3 is 0 Å². The molecule has 1 unspecified atom stereocenters. The first kappa shape index (κ1) is 13.5. The first-order valence-corrected chi connectivity index (χ1v) is 6.23. The summed E-state index contributed by atoms with van der Waals surface area (Å²) in [5.74, 6) is -0.288. The number of nitrogens with one attached hydrogen (secondary N) is 1. The van der Waals surface area contributed by atoms with Crippen LogP contribution in [0.15, 0.2) is 18.2 Å². The molecule has 0 aliphatic carbocycles. The van der Waals surface area contributed by atoms with Gasteiger partial charge in [0.05, 0.1) is 4.92 Å². The summed E-state index contributed by atoms with van der Waals surface area (Å²) in [4.78, 5) is 24.5. The molecule has 0 bridgehead atoms. The van der Waals surface area contributed by atoms with Crippen molar-refractivity contribution in [2.45, 2.75) is 19.4 Å². The highest BCUT2D eigenvalue weighted by Crippen LogP contribution is 2.22. The highest BCUT2D eigenvalue weighted by atomic mass is 16.6. The van der Waals surface area contributed by atoms with Crippen molar-refractivity contribution in [3.63, 3.8) is 0 Å². The number of nitrogens with zero attached hydrogens (tertiary/aromatic N) is 2. The maximum absolute atomic E-state index is 12.4. The summed E-state index contributed by atoms with van der Waals surface area (Å²) in [5.41, 5.74) is 0.875. The summed E-state index contributed by atoms with van der Waals surface area (Å²) >= 11 is 0. The minimum atomic E-state index is -0.507. The number of nitro benzene ring substituents is 1. The van der Waals surface area contributed by atoms with Gasteiger partial charge in [-0.3, -0.25) is 14.9 Å². The van der Waals surface area contributed by atoms with E-state index in [0.29, 0.717) is 0 Å². The number of likely N-dealkylation sites (N-methyl/N-ethyl adjacent to an activating group) is 1. The molecular weight excluding hydrogens is 246 g/mol. The second-order valence-electron chi connectivity index (χ2n) is 4.84. The van der Waals surface area contributed by atoms with Crippen molar-refractivity contribution in [2.75, 3.05) is 20.1 Å². The lowest BCUT2D eigenvalue weighted by molar-refractivity contribution is -0.385. The minimum Gasteiger partial charge on any atom is -0.337 e. The Bertz CT molecular complexity index is 510. The molecule has 1 heterocycles. The molecular formula is C13H17N3O3. The number of benzene rings is 1. The third-order valence-corrected chi connectivity index (χ3v) is 3.48. The van der Waals surface area contributed by atoms with Gasteiger partial charge < -0.3 is 10.2 Å². The molecule has 6 nitrogen and oxygen atoms in total. The Morgan fingerprint density at radius 2 is 2.26 bits per heavy atom. The SMILES string of the molecule is Cc1ccc([N+](=O)[O-])c(C(=O)N(C)C2CCNC2)c1. The van der Waals surface area contributed by atoms with Gasteiger partial charge in [-0.2, -0.15) is 0 Å². The molecule has 1 amide bonds. The van der Waals surface area contributed by atoms with Crippen molar-refractivity contribution in [1.29, 1.82) is 0 Å². The second-order valence-corrected chi connectivity index (χ2v) is 4.84. The Morgan fingerprint density at radius 1 is 1.53 bits per heavy atom. The van der Waals surface area contributed by atoms with Crippen LogP contribution in [0.2, 0.25) is 0 Å². The standard InChI is InChI=1S/C13H17N3O3/c1-9-3-4-12(16(18)19)11(7-9)13(17)15(2)10-5-6-14-8-10/h3-4,7,10,14H,5-6,8H2,1-2H3. The topological polar surface area (TPSA) is 75.5 Å². The van der Waals surface area contributed by atoms with Crippen LogP contribution in [0.5, 0.6) is 0 Å². The number of amides is 1. The molecule has 1 N–H and O–H groups in total. The van der Waals surface area contributed by atoms with E-state index in [4.69, 9.17) is 0 Å². The van der Waals surface area contributed by atoms with Crippen molar-refractivity contribution < 1.29 is 9.72 Å². The predicted octanol–water partition coefficient (Wildman–Crippen LogP) is 1.34. The van der Waals surface area contributed by atoms with E-state index in [-0.39, 0.29) is 23.2 Å². The first-order valence-electron chi connectivity index (χ1n) is 6.23. The number of hydrogen-bond acceptors (Lipinski definition) is 4. The Balaban J connectivity index is 2.31. The zero-order chi connectivity index (χ0) is 14.0. The number of hydrogen-bond donors (Lipinski definition) is 1. The van der Waals surface area contributed by atoms with Gasteiger partial charge in [-0.1, -0.05) is 6.07 Å². The molecule has 2 rings (SSSR count). The fraction of sp³-hybridized carbons (Fsp3) is 0.462. The monoisotopic (exact) mass is 263 g/mol. The van der Waals surface area contributed by atoms with E-state index in [2.05, 4.69) is 5.32 Å². The van der Waals surface area contributed by atoms with Crippen LogP contribution in [0.3, 0.4) is 0 Å². The molecule has 1 fully saturated rings. The Kier molecular flexibility index (Phi) is 3.80. The molecule has 0 saturated carbocycles. The van der Waals surface area contributed by atoms with Gasteiger partial charge in [0.1, 0.15) is 5.56 Å². The smallest absolute Gasteiger partial charge is 0.282 e. The van der Waals surface area contributed by atoms with E-state index in [0.717, 1.165) is 25.1 Å². The van der Waals surface area contributed by atoms with Crippen molar-refractivity contribution >= 4 is 11.6 Å². The van der Waals surface area contributed by atoms with Crippen LogP contribution < -0.4 is 5.32 Å². The van der Waals surface area contributed by atoms with E-state index in [1.807, 2.05) is 6.92 Å². The fourth-order valence-corrected chi connectivity index (χ4v) is 2.31. The highest BCUT2D eigenvalue weighted by molar-refractivity contribution is 5.98. The zero-order valence-corrected chi connectivity index (χ0v) is 11.0. The van der Waals surface area contributed by atoms with E-state index in [9.17, 15) is 14.9 Å². The molecule has 0 aromatic heterocycles. The van der Waals surface area contributed by atoms with Gasteiger partial charge in [0.25, 0.3) is 11.6 Å². The predicted molar refractivity (Wildman–Crippen MR) is 71.2 cm³/mol. The third-order valence-electron chi connectivity index (χ3n) is 3.48. The quantitative estimate of drug-likeness (QED) is 0.659. The van der Waals surface area contributed by atoms with E-state index in [1.54, 1.807) is 24.1 Å². The van der Waals surface area contributed by atoms with Crippen LogP contribution in [-0.2, 0) is 0 Å². The van der Waals surface area contributed by atoms with Crippen molar-refractivity contribution in [1.82, 2.24) is 10.2 Å². The number of carbonyl (C=O) groups excluding carboxylic acids is 1. The van der Waals surface area contributed by atoms with Crippen molar-refractivity contribution in [3.8, 4) is 0 Å². The Labute approximate surface area is 111 Å². The Morgan fingerprint density at radius 3 is 2.84 bits per heavy atom. The lowest BCUT2D eigenvalue weighted by Crippen LogP contribution is -2.38. The van der Waals surface area contributed by atoms with E-state index in [1.165, 1.54) is 6.07 Å². The Hall–Kier alpha value is -1.95. The third kappa shape index (κ3) is 2.73. The molecule has 1 aromatic carbocycles. The number of aryl methyl sites for hydroxylation is 1. The van der Waals surface area contributed by atoms with Crippen molar-refractivity contribution in [2.24, 2.45) is 0 Å². The summed E-state index contributed by atoms with van der Waals surface area (Å²) in [5, 5.41) is 14.2. The van der Waals surface area contributed by atoms with Crippen LogP contribution in [0.1, 0.15) is 22.3 Å². The minimum absolute atomic E-state index is 0.104. The fourth-order valence-electron chi connectivity index (χ4n) is 2.31. The molecule has 1 aliphatic heterocycles. The molecule has 1 aliphatic rings. The van der Waals surface area contributed by atoms with Crippen LogP contribution in [0, 0.1) is 17.0 Å². The molecule has 0 radical (unpaired) electrons. The van der Waals surface area contributed by atoms with Crippen LogP contribution in [0.4, 0.5) is 5.69 Å². The molecule has 102 valence electrons. The van der Waals surface area contributed by atoms with Gasteiger partial charge in [-0.25, -0.2) is 0 Å². The van der Waals surface area contributed by atoms with Gasteiger partial charge in [-0.15, -0.1) is 0 Å². The maximum Gasteiger partial charge on any atom is 0.282 e. The molecule has 1 aromatic rings. The summed E-state index contributed by atoms with van der Waals surface area (Å²) in [6, 6.07) is 4.72. The van der Waals surface area contributed by atoms with E-state index < -0.39 is 4.92 Å². The summed E-state index contributed by atoms with van der Waals surface area (Å²) in [6.07, 6.45) is 0.877. The average molecular weight is 263 g/mol. The summed E-state index contributed by atoms with van der Waals surface area (Å²) in [6.45, 7) is 3.43. The maximum atomic E-state index is 12.4.